The molecular formula is C41H82O3. The van der Waals surface area contributed by atoms with E-state index in [1.165, 1.54) is 173 Å². The van der Waals surface area contributed by atoms with E-state index < -0.39 is 0 Å². The first-order chi connectivity index (χ1) is 21.6. The van der Waals surface area contributed by atoms with E-state index in [9.17, 15) is 9.90 Å². The van der Waals surface area contributed by atoms with Crippen molar-refractivity contribution in [2.24, 2.45) is 5.92 Å². The summed E-state index contributed by atoms with van der Waals surface area (Å²) in [5.41, 5.74) is 0. The second-order valence-electron chi connectivity index (χ2n) is 14.3. The van der Waals surface area contributed by atoms with E-state index in [1.807, 2.05) is 0 Å². The number of aliphatic hydroxyl groups is 1. The number of carbonyl (C=O) groups excluding carboxylic acids is 1. The van der Waals surface area contributed by atoms with E-state index in [4.69, 9.17) is 4.74 Å². The summed E-state index contributed by atoms with van der Waals surface area (Å²) in [4.78, 5) is 12.3. The molecule has 0 rings (SSSR count). The minimum Gasteiger partial charge on any atom is -0.466 e. The lowest BCUT2D eigenvalue weighted by molar-refractivity contribution is -0.144. The molecule has 0 aliphatic rings. The summed E-state index contributed by atoms with van der Waals surface area (Å²) in [5, 5.41) is 10.2. The van der Waals surface area contributed by atoms with Crippen LogP contribution in [0.3, 0.4) is 0 Å². The predicted octanol–water partition coefficient (Wildman–Crippen LogP) is 13.8. The molecule has 3 nitrogen and oxygen atoms in total. The van der Waals surface area contributed by atoms with Crippen molar-refractivity contribution in [3.63, 3.8) is 0 Å². The Balaban J connectivity index is 4.05. The van der Waals surface area contributed by atoms with Crippen LogP contribution < -0.4 is 0 Å². The summed E-state index contributed by atoms with van der Waals surface area (Å²) < 4.78 is 5.61. The minimum absolute atomic E-state index is 0.0417. The molecule has 0 aromatic carbocycles. The fraction of sp³-hybridized carbons (Fsp3) is 0.976. The summed E-state index contributed by atoms with van der Waals surface area (Å²) in [6.45, 7) is 7.41. The molecule has 0 aliphatic carbocycles. The molecule has 0 radical (unpaired) electrons. The molecule has 0 amide bonds. The van der Waals surface area contributed by atoms with Gasteiger partial charge in [0.2, 0.25) is 0 Å². The Labute approximate surface area is 277 Å². The van der Waals surface area contributed by atoms with Crippen molar-refractivity contribution in [3.8, 4) is 0 Å². The largest absolute Gasteiger partial charge is 0.466 e. The summed E-state index contributed by atoms with van der Waals surface area (Å²) >= 11 is 0. The molecule has 0 heterocycles. The number of hydrogen-bond acceptors (Lipinski definition) is 3. The molecule has 0 saturated heterocycles. The number of rotatable bonds is 37. The number of carbonyl (C=O) groups is 1. The van der Waals surface area contributed by atoms with Gasteiger partial charge >= 0.3 is 5.97 Å². The van der Waals surface area contributed by atoms with Crippen molar-refractivity contribution in [1.29, 1.82) is 0 Å². The van der Waals surface area contributed by atoms with Crippen LogP contribution in [0.4, 0.5) is 0 Å². The second kappa shape index (κ2) is 36.9. The van der Waals surface area contributed by atoms with Crippen LogP contribution in [0.1, 0.15) is 239 Å². The molecule has 0 aromatic heterocycles. The summed E-state index contributed by atoms with van der Waals surface area (Å²) in [6, 6.07) is 0. The standard InChI is InChI=1S/C41H82O3/c1-4-7-10-13-15-17-19-21-24-26-32-39(33-27-25-22-20-18-16-14-11-8-5-2)34-31-38-44-41(43)37-30-29-36-40(42)35-28-23-12-9-6-3/h39-40,42H,4-38H2,1-3H3. The Kier molecular flexibility index (Phi) is 36.4. The maximum absolute atomic E-state index is 12.3. The molecule has 0 spiro atoms. The van der Waals surface area contributed by atoms with Gasteiger partial charge < -0.3 is 9.84 Å². The van der Waals surface area contributed by atoms with Gasteiger partial charge in [0.05, 0.1) is 12.7 Å². The predicted molar refractivity (Wildman–Crippen MR) is 194 cm³/mol. The Morgan fingerprint density at radius 1 is 0.432 bits per heavy atom. The summed E-state index contributed by atoms with van der Waals surface area (Å²) in [5.74, 6) is 0.764. The van der Waals surface area contributed by atoms with Crippen molar-refractivity contribution in [3.05, 3.63) is 0 Å². The topological polar surface area (TPSA) is 46.5 Å². The highest BCUT2D eigenvalue weighted by Gasteiger charge is 2.11. The fourth-order valence-electron chi connectivity index (χ4n) is 6.68. The van der Waals surface area contributed by atoms with Gasteiger partial charge in [-0.3, -0.25) is 4.79 Å². The van der Waals surface area contributed by atoms with E-state index in [0.717, 1.165) is 44.4 Å². The SMILES string of the molecule is CCCCCCCCCCCCC(CCCCCCCCCCCC)CCCOC(=O)CCCCC(O)CCCCCCC. The zero-order valence-electron chi connectivity index (χ0n) is 30.7. The Bertz CT molecular complexity index is 524. The lowest BCUT2D eigenvalue weighted by atomic mass is 9.90. The minimum atomic E-state index is -0.198. The highest BCUT2D eigenvalue weighted by Crippen LogP contribution is 2.24. The molecule has 1 unspecified atom stereocenters. The number of esters is 1. The van der Waals surface area contributed by atoms with Crippen molar-refractivity contribution in [2.75, 3.05) is 6.61 Å². The Morgan fingerprint density at radius 3 is 1.16 bits per heavy atom. The molecule has 0 fully saturated rings. The smallest absolute Gasteiger partial charge is 0.305 e. The number of ether oxygens (including phenoxy) is 1. The van der Waals surface area contributed by atoms with Crippen LogP contribution in [0.2, 0.25) is 0 Å². The Morgan fingerprint density at radius 2 is 0.750 bits per heavy atom. The molecule has 0 aromatic rings. The van der Waals surface area contributed by atoms with Crippen molar-refractivity contribution in [2.45, 2.75) is 245 Å². The molecule has 0 bridgehead atoms. The zero-order chi connectivity index (χ0) is 32.2. The van der Waals surface area contributed by atoms with Crippen molar-refractivity contribution in [1.82, 2.24) is 0 Å². The summed E-state index contributed by atoms with van der Waals surface area (Å²) in [7, 11) is 0. The maximum Gasteiger partial charge on any atom is 0.305 e. The molecule has 3 heteroatoms. The quantitative estimate of drug-likeness (QED) is 0.0554. The van der Waals surface area contributed by atoms with Crippen LogP contribution in [0.25, 0.3) is 0 Å². The van der Waals surface area contributed by atoms with Gasteiger partial charge in [0.1, 0.15) is 0 Å². The third-order valence-corrected chi connectivity index (χ3v) is 9.76. The number of hydrogen-bond donors (Lipinski definition) is 1. The normalized spacial score (nSPS) is 12.3. The van der Waals surface area contributed by atoms with Gasteiger partial charge in [-0.25, -0.2) is 0 Å². The van der Waals surface area contributed by atoms with Crippen LogP contribution in [0.5, 0.6) is 0 Å². The number of unbranched alkanes of at least 4 members (excludes halogenated alkanes) is 23. The number of aliphatic hydroxyl groups excluding tert-OH is 1. The Hall–Kier alpha value is -0.570. The van der Waals surface area contributed by atoms with E-state index in [-0.39, 0.29) is 12.1 Å². The molecule has 44 heavy (non-hydrogen) atoms. The maximum atomic E-state index is 12.3. The van der Waals surface area contributed by atoms with Crippen LogP contribution in [-0.2, 0) is 9.53 Å². The lowest BCUT2D eigenvalue weighted by Gasteiger charge is -2.17. The van der Waals surface area contributed by atoms with E-state index in [0.29, 0.717) is 13.0 Å². The third kappa shape index (κ3) is 34.3. The van der Waals surface area contributed by atoms with E-state index in [1.54, 1.807) is 0 Å². The average molecular weight is 623 g/mol. The zero-order valence-corrected chi connectivity index (χ0v) is 30.7. The van der Waals surface area contributed by atoms with Gasteiger partial charge in [0.15, 0.2) is 0 Å². The van der Waals surface area contributed by atoms with Crippen molar-refractivity contribution < 1.29 is 14.6 Å². The van der Waals surface area contributed by atoms with Gasteiger partial charge in [0.25, 0.3) is 0 Å². The van der Waals surface area contributed by atoms with Gasteiger partial charge in [-0.15, -0.1) is 0 Å². The van der Waals surface area contributed by atoms with Crippen LogP contribution in [0.15, 0.2) is 0 Å². The molecular weight excluding hydrogens is 540 g/mol. The second-order valence-corrected chi connectivity index (χ2v) is 14.3. The molecule has 1 atom stereocenters. The molecule has 0 aliphatic heterocycles. The van der Waals surface area contributed by atoms with Gasteiger partial charge in [-0.2, -0.15) is 0 Å². The molecule has 264 valence electrons. The third-order valence-electron chi connectivity index (χ3n) is 9.76. The van der Waals surface area contributed by atoms with Crippen LogP contribution >= 0.6 is 0 Å². The van der Waals surface area contributed by atoms with E-state index >= 15 is 0 Å². The highest BCUT2D eigenvalue weighted by atomic mass is 16.5. The van der Waals surface area contributed by atoms with Crippen molar-refractivity contribution >= 4 is 5.97 Å². The summed E-state index contributed by atoms with van der Waals surface area (Å²) in [6.07, 6.45) is 43.1. The first-order valence-corrected chi connectivity index (χ1v) is 20.5. The fourth-order valence-corrected chi connectivity index (χ4v) is 6.68. The molecule has 0 saturated carbocycles. The monoisotopic (exact) mass is 623 g/mol. The van der Waals surface area contributed by atoms with E-state index in [2.05, 4.69) is 20.8 Å². The first-order valence-electron chi connectivity index (χ1n) is 20.5. The average Bonchev–Trinajstić information content (AvgIpc) is 3.02. The van der Waals surface area contributed by atoms with Gasteiger partial charge in [-0.1, -0.05) is 201 Å². The van der Waals surface area contributed by atoms with Gasteiger partial charge in [-0.05, 0) is 38.0 Å². The lowest BCUT2D eigenvalue weighted by Crippen LogP contribution is -2.09. The molecule has 1 N–H and O–H groups in total. The van der Waals surface area contributed by atoms with Crippen LogP contribution in [0, 0.1) is 5.92 Å². The first kappa shape index (κ1) is 43.4. The van der Waals surface area contributed by atoms with Gasteiger partial charge in [0, 0.05) is 6.42 Å². The van der Waals surface area contributed by atoms with Crippen LogP contribution in [-0.4, -0.2) is 23.8 Å². The highest BCUT2D eigenvalue weighted by molar-refractivity contribution is 5.69.